The number of nitrogens with one attached hydrogen (secondary N) is 1. The monoisotopic (exact) mass is 568 g/mol. The number of nitrogens with zero attached hydrogens (tertiary/aromatic N) is 4. The molecule has 2 aromatic carbocycles. The number of aromatic nitrogens is 2. The molecule has 0 bridgehead atoms. The van der Waals surface area contributed by atoms with E-state index >= 15 is 0 Å². The number of carbonyl (C=O) groups is 2. The van der Waals surface area contributed by atoms with Crippen LogP contribution in [0.1, 0.15) is 21.5 Å². The van der Waals surface area contributed by atoms with Gasteiger partial charge in [-0.25, -0.2) is 4.98 Å². The molecule has 0 saturated carbocycles. The Labute approximate surface area is 242 Å². The van der Waals surface area contributed by atoms with Gasteiger partial charge >= 0.3 is 0 Å². The van der Waals surface area contributed by atoms with Crippen molar-refractivity contribution in [2.75, 3.05) is 42.4 Å². The van der Waals surface area contributed by atoms with Crippen LogP contribution in [0.25, 0.3) is 11.1 Å². The van der Waals surface area contributed by atoms with Gasteiger partial charge in [-0.15, -0.1) is 0 Å². The average molecular weight is 569 g/mol. The minimum atomic E-state index is -0.600. The number of benzene rings is 2. The van der Waals surface area contributed by atoms with Crippen molar-refractivity contribution in [1.29, 1.82) is 0 Å². The fourth-order valence-electron chi connectivity index (χ4n) is 5.03. The molecule has 3 heterocycles. The number of aliphatic hydroxyl groups is 1. The minimum absolute atomic E-state index is 0.120. The molecule has 5 rings (SSSR count). The lowest BCUT2D eigenvalue weighted by Crippen LogP contribution is -2.38. The summed E-state index contributed by atoms with van der Waals surface area (Å²) in [5.41, 5.74) is 10.3. The summed E-state index contributed by atoms with van der Waals surface area (Å²) in [6.45, 7) is -0.0953. The molecule has 0 saturated heterocycles. The van der Waals surface area contributed by atoms with Gasteiger partial charge in [0.2, 0.25) is 0 Å². The number of amides is 2. The van der Waals surface area contributed by atoms with Crippen LogP contribution in [0.4, 0.5) is 22.9 Å². The van der Waals surface area contributed by atoms with E-state index in [1.165, 1.54) is 10.8 Å². The minimum Gasteiger partial charge on any atom is -0.482 e. The molecule has 1 aliphatic heterocycles. The van der Waals surface area contributed by atoms with Crippen molar-refractivity contribution in [2.24, 2.45) is 12.8 Å². The summed E-state index contributed by atoms with van der Waals surface area (Å²) >= 11 is 0. The zero-order valence-electron chi connectivity index (χ0n) is 23.6. The van der Waals surface area contributed by atoms with Crippen LogP contribution in [0.3, 0.4) is 0 Å². The van der Waals surface area contributed by atoms with Crippen molar-refractivity contribution in [3.05, 3.63) is 94.0 Å². The lowest BCUT2D eigenvalue weighted by Gasteiger charge is -2.31. The standard InChI is InChI=1S/C31H32N6O5/c1-35(2)21-7-9-24-19(13-21)11-12-37(30(24)40)27-6-4-5-23(25(27)17-38)20-14-26(31(41)36(3)16-20)34-29-10-8-22(15-33-29)42-18-28(32)39/h4-10,13-16,38H,11-12,17-18H2,1-3H3,(H2,32,39)(H,33,34). The maximum atomic E-state index is 13.6. The lowest BCUT2D eigenvalue weighted by molar-refractivity contribution is -0.119. The van der Waals surface area contributed by atoms with Gasteiger partial charge in [0.15, 0.2) is 6.61 Å². The maximum Gasteiger partial charge on any atom is 0.274 e. The van der Waals surface area contributed by atoms with E-state index in [9.17, 15) is 19.5 Å². The molecule has 0 unspecified atom stereocenters. The van der Waals surface area contributed by atoms with Crippen LogP contribution in [0.2, 0.25) is 0 Å². The van der Waals surface area contributed by atoms with Crippen LogP contribution in [0, 0.1) is 0 Å². The first-order valence-electron chi connectivity index (χ1n) is 13.4. The Kier molecular flexibility index (Phi) is 7.94. The third kappa shape index (κ3) is 5.68. The second-order valence-electron chi connectivity index (χ2n) is 10.2. The summed E-state index contributed by atoms with van der Waals surface area (Å²) in [6, 6.07) is 16.3. The summed E-state index contributed by atoms with van der Waals surface area (Å²) in [5.74, 6) is 0.0303. The predicted molar refractivity (Wildman–Crippen MR) is 161 cm³/mol. The van der Waals surface area contributed by atoms with E-state index in [0.29, 0.717) is 52.5 Å². The molecule has 0 aliphatic carbocycles. The Morgan fingerprint density at radius 3 is 2.62 bits per heavy atom. The topological polar surface area (TPSA) is 143 Å². The van der Waals surface area contributed by atoms with Gasteiger partial charge in [-0.1, -0.05) is 12.1 Å². The van der Waals surface area contributed by atoms with Gasteiger partial charge in [-0.05, 0) is 60.0 Å². The molecule has 4 N–H and O–H groups in total. The average Bonchev–Trinajstić information content (AvgIpc) is 2.98. The molecule has 216 valence electrons. The van der Waals surface area contributed by atoms with E-state index in [1.54, 1.807) is 36.3 Å². The molecule has 0 atom stereocenters. The summed E-state index contributed by atoms with van der Waals surface area (Å²) in [5, 5.41) is 13.6. The molecule has 42 heavy (non-hydrogen) atoms. The molecule has 1 aliphatic rings. The van der Waals surface area contributed by atoms with E-state index in [4.69, 9.17) is 10.5 Å². The largest absolute Gasteiger partial charge is 0.482 e. The van der Waals surface area contributed by atoms with Crippen LogP contribution in [-0.4, -0.2) is 53.7 Å². The molecule has 11 nitrogen and oxygen atoms in total. The lowest BCUT2D eigenvalue weighted by atomic mass is 9.94. The highest BCUT2D eigenvalue weighted by molar-refractivity contribution is 6.09. The number of nitrogens with two attached hydrogens (primary N) is 1. The van der Waals surface area contributed by atoms with Crippen LogP contribution in [0.5, 0.6) is 5.75 Å². The number of hydrogen-bond acceptors (Lipinski definition) is 8. The van der Waals surface area contributed by atoms with Crippen LogP contribution < -0.4 is 31.1 Å². The number of hydrogen-bond donors (Lipinski definition) is 3. The Balaban J connectivity index is 1.47. The van der Waals surface area contributed by atoms with Gasteiger partial charge in [0, 0.05) is 56.3 Å². The number of carbonyl (C=O) groups excluding carboxylic acids is 2. The first-order valence-corrected chi connectivity index (χ1v) is 13.4. The second-order valence-corrected chi connectivity index (χ2v) is 10.2. The highest BCUT2D eigenvalue weighted by Gasteiger charge is 2.28. The smallest absolute Gasteiger partial charge is 0.274 e. The summed E-state index contributed by atoms with van der Waals surface area (Å²) in [6.07, 6.45) is 3.79. The molecule has 4 aromatic rings. The molecular formula is C31H32N6O5. The predicted octanol–water partition coefficient (Wildman–Crippen LogP) is 2.82. The van der Waals surface area contributed by atoms with Gasteiger partial charge in [0.05, 0.1) is 18.5 Å². The zero-order valence-corrected chi connectivity index (χ0v) is 23.6. The van der Waals surface area contributed by atoms with Crippen molar-refractivity contribution < 1.29 is 19.4 Å². The summed E-state index contributed by atoms with van der Waals surface area (Å²) < 4.78 is 6.68. The number of aliphatic hydroxyl groups excluding tert-OH is 1. The van der Waals surface area contributed by atoms with Gasteiger partial charge in [-0.2, -0.15) is 0 Å². The fourth-order valence-corrected chi connectivity index (χ4v) is 5.03. The first kappa shape index (κ1) is 28.4. The van der Waals surface area contributed by atoms with Crippen LogP contribution in [0.15, 0.2) is 71.8 Å². The summed E-state index contributed by atoms with van der Waals surface area (Å²) in [7, 11) is 5.57. The van der Waals surface area contributed by atoms with Gasteiger partial charge in [-0.3, -0.25) is 14.4 Å². The van der Waals surface area contributed by atoms with E-state index in [0.717, 1.165) is 11.3 Å². The molecule has 0 fully saturated rings. The van der Waals surface area contributed by atoms with Crippen LogP contribution >= 0.6 is 0 Å². The molecular weight excluding hydrogens is 536 g/mol. The Morgan fingerprint density at radius 1 is 1.12 bits per heavy atom. The molecule has 11 heteroatoms. The molecule has 0 spiro atoms. The molecule has 2 amide bonds. The van der Waals surface area contributed by atoms with Crippen LogP contribution in [-0.2, 0) is 24.9 Å². The normalized spacial score (nSPS) is 12.6. The quantitative estimate of drug-likeness (QED) is 0.280. The third-order valence-corrected chi connectivity index (χ3v) is 7.16. The number of primary amides is 1. The number of rotatable bonds is 9. The Hall–Kier alpha value is -5.16. The van der Waals surface area contributed by atoms with Gasteiger partial charge < -0.3 is 35.3 Å². The van der Waals surface area contributed by atoms with E-state index in [-0.39, 0.29) is 30.4 Å². The van der Waals surface area contributed by atoms with Gasteiger partial charge in [0.25, 0.3) is 17.4 Å². The number of aryl methyl sites for hydroxylation is 1. The zero-order chi connectivity index (χ0) is 30.0. The SMILES string of the molecule is CN(C)c1ccc2c(c1)CCN(c1cccc(-c3cc(Nc4ccc(OCC(N)=O)cn4)c(=O)n(C)c3)c1CO)C2=O. The number of anilines is 4. The third-order valence-electron chi connectivity index (χ3n) is 7.16. The van der Waals surface area contributed by atoms with Crippen molar-refractivity contribution in [1.82, 2.24) is 9.55 Å². The highest BCUT2D eigenvalue weighted by Crippen LogP contribution is 2.35. The first-order chi connectivity index (χ1) is 20.2. The van der Waals surface area contributed by atoms with E-state index in [1.807, 2.05) is 55.4 Å². The molecule has 0 radical (unpaired) electrons. The fraction of sp³-hybridized carbons (Fsp3) is 0.226. The summed E-state index contributed by atoms with van der Waals surface area (Å²) in [4.78, 5) is 45.5. The van der Waals surface area contributed by atoms with Crippen molar-refractivity contribution >= 4 is 34.7 Å². The number of fused-ring (bicyclic) bond motifs is 1. The van der Waals surface area contributed by atoms with Crippen molar-refractivity contribution in [2.45, 2.75) is 13.0 Å². The van der Waals surface area contributed by atoms with Crippen molar-refractivity contribution in [3.63, 3.8) is 0 Å². The Bertz CT molecular complexity index is 1710. The molecule has 2 aromatic heterocycles. The number of ether oxygens (including phenoxy) is 1. The van der Waals surface area contributed by atoms with Gasteiger partial charge in [0.1, 0.15) is 17.3 Å². The maximum absolute atomic E-state index is 13.6. The Morgan fingerprint density at radius 2 is 1.93 bits per heavy atom. The second kappa shape index (κ2) is 11.8. The van der Waals surface area contributed by atoms with E-state index < -0.39 is 5.91 Å². The van der Waals surface area contributed by atoms with E-state index in [2.05, 4.69) is 10.3 Å². The highest BCUT2D eigenvalue weighted by atomic mass is 16.5. The number of pyridine rings is 2. The van der Waals surface area contributed by atoms with Crippen molar-refractivity contribution in [3.8, 4) is 16.9 Å².